The molecule has 1 aromatic heterocycles. The van der Waals surface area contributed by atoms with Gasteiger partial charge in [0.05, 0.1) is 42.7 Å². The van der Waals surface area contributed by atoms with Crippen LogP contribution < -0.4 is 30.2 Å². The highest BCUT2D eigenvalue weighted by atomic mass is 35.5. The summed E-state index contributed by atoms with van der Waals surface area (Å²) in [6.07, 6.45) is 5.20. The number of anilines is 4. The molecule has 0 atom stereocenters. The number of benzene rings is 2. The van der Waals surface area contributed by atoms with E-state index in [1.54, 1.807) is 64.9 Å². The fourth-order valence-corrected chi connectivity index (χ4v) is 4.09. The first-order valence-corrected chi connectivity index (χ1v) is 12.9. The minimum atomic E-state index is -0.382. The summed E-state index contributed by atoms with van der Waals surface area (Å²) in [4.78, 5) is 17.7. The quantitative estimate of drug-likeness (QED) is 0.197. The lowest BCUT2D eigenvalue weighted by Gasteiger charge is -2.16. The highest BCUT2D eigenvalue weighted by molar-refractivity contribution is 6.42. The maximum atomic E-state index is 13.2. The van der Waals surface area contributed by atoms with Crippen LogP contribution in [0.5, 0.6) is 17.2 Å². The predicted molar refractivity (Wildman–Crippen MR) is 157 cm³/mol. The van der Waals surface area contributed by atoms with Crippen molar-refractivity contribution in [1.29, 1.82) is 0 Å². The Hall–Kier alpha value is -4.06. The molecule has 10 heteroatoms. The number of pyridine rings is 1. The van der Waals surface area contributed by atoms with Gasteiger partial charge in [0.25, 0.3) is 0 Å². The molecular weight excluding hydrogens is 539 g/mol. The number of nitrogens with one attached hydrogen (secondary N) is 3. The first-order valence-electron chi connectivity index (χ1n) is 12.1. The molecular formula is C29H28Cl2N4O4. The normalized spacial score (nSPS) is 12.6. The Balaban J connectivity index is 1.71. The van der Waals surface area contributed by atoms with E-state index in [0.29, 0.717) is 67.2 Å². The third kappa shape index (κ3) is 6.88. The van der Waals surface area contributed by atoms with Gasteiger partial charge in [0.15, 0.2) is 11.5 Å². The van der Waals surface area contributed by atoms with Crippen LogP contribution in [0.2, 0.25) is 10.0 Å². The second-order valence-corrected chi connectivity index (χ2v) is 9.41. The van der Waals surface area contributed by atoms with E-state index in [0.717, 1.165) is 12.8 Å². The molecule has 39 heavy (non-hydrogen) atoms. The number of nitrogens with zero attached hydrogens (tertiary/aromatic N) is 1. The number of hydrogen-bond acceptors (Lipinski definition) is 7. The molecule has 1 amide bonds. The van der Waals surface area contributed by atoms with E-state index in [1.807, 2.05) is 6.07 Å². The van der Waals surface area contributed by atoms with Gasteiger partial charge in [0, 0.05) is 54.2 Å². The zero-order chi connectivity index (χ0) is 27.9. The molecule has 2 aromatic carbocycles. The van der Waals surface area contributed by atoms with Gasteiger partial charge in [-0.15, -0.1) is 0 Å². The van der Waals surface area contributed by atoms with E-state index < -0.39 is 0 Å². The molecule has 4 rings (SSSR count). The van der Waals surface area contributed by atoms with E-state index >= 15 is 0 Å². The van der Waals surface area contributed by atoms with Gasteiger partial charge in [0.1, 0.15) is 5.82 Å². The van der Waals surface area contributed by atoms with Crippen molar-refractivity contribution in [1.82, 2.24) is 4.98 Å². The standard InChI is InChI=1S/C29H28Cl2N4O4/c1-32-23-15-21(30)22(31)16-24(23)35-27(36)12-18(10-9-17-7-8-17)20-6-5-11-33-29(20)34-19-13-25(37-2)28(39-4)26(14-19)38-3/h5-6,11-17,32H,7-8H2,1-4H3,(H,33,34)(H,35,36)/b18-12+. The van der Waals surface area contributed by atoms with Crippen LogP contribution in [0.3, 0.4) is 0 Å². The molecule has 0 bridgehead atoms. The van der Waals surface area contributed by atoms with Crippen molar-refractivity contribution < 1.29 is 19.0 Å². The third-order valence-corrected chi connectivity index (χ3v) is 6.60. The first-order chi connectivity index (χ1) is 18.9. The van der Waals surface area contributed by atoms with Gasteiger partial charge >= 0.3 is 0 Å². The number of ether oxygens (including phenoxy) is 3. The Morgan fingerprint density at radius 2 is 1.69 bits per heavy atom. The van der Waals surface area contributed by atoms with Crippen molar-refractivity contribution in [3.05, 3.63) is 64.3 Å². The largest absolute Gasteiger partial charge is 0.493 e. The second kappa shape index (κ2) is 12.7. The summed E-state index contributed by atoms with van der Waals surface area (Å²) in [5.41, 5.74) is 2.93. The van der Waals surface area contributed by atoms with Gasteiger partial charge in [-0.3, -0.25) is 4.79 Å². The summed E-state index contributed by atoms with van der Waals surface area (Å²) >= 11 is 12.3. The second-order valence-electron chi connectivity index (χ2n) is 8.59. The van der Waals surface area contributed by atoms with Crippen LogP contribution in [0.4, 0.5) is 22.9 Å². The van der Waals surface area contributed by atoms with Crippen LogP contribution in [0.25, 0.3) is 5.57 Å². The monoisotopic (exact) mass is 566 g/mol. The number of rotatable bonds is 9. The maximum absolute atomic E-state index is 13.2. The van der Waals surface area contributed by atoms with E-state index in [1.165, 1.54) is 6.08 Å². The zero-order valence-corrected chi connectivity index (χ0v) is 23.5. The van der Waals surface area contributed by atoms with Crippen LogP contribution >= 0.6 is 23.2 Å². The molecule has 1 aliphatic carbocycles. The average molecular weight is 567 g/mol. The number of carbonyl (C=O) groups excluding carboxylic acids is 1. The summed E-state index contributed by atoms with van der Waals surface area (Å²) in [6, 6.07) is 10.4. The molecule has 8 nitrogen and oxygen atoms in total. The molecule has 0 saturated heterocycles. The summed E-state index contributed by atoms with van der Waals surface area (Å²) in [5.74, 6) is 8.33. The van der Waals surface area contributed by atoms with Crippen molar-refractivity contribution in [2.45, 2.75) is 12.8 Å². The summed E-state index contributed by atoms with van der Waals surface area (Å²) < 4.78 is 16.4. The Morgan fingerprint density at radius 1 is 1.03 bits per heavy atom. The summed E-state index contributed by atoms with van der Waals surface area (Å²) in [7, 11) is 6.37. The van der Waals surface area contributed by atoms with Gasteiger partial charge < -0.3 is 30.2 Å². The van der Waals surface area contributed by atoms with E-state index in [-0.39, 0.29) is 5.91 Å². The van der Waals surface area contributed by atoms with E-state index in [2.05, 4.69) is 32.8 Å². The van der Waals surface area contributed by atoms with Gasteiger partial charge in [0.2, 0.25) is 11.7 Å². The SMILES string of the molecule is CNc1cc(Cl)c(Cl)cc1NC(=O)/C=C(\C#CC1CC1)c1cccnc1Nc1cc(OC)c(OC)c(OC)c1. The fourth-order valence-electron chi connectivity index (χ4n) is 3.76. The van der Waals surface area contributed by atoms with Crippen LogP contribution in [0.15, 0.2) is 48.7 Å². The lowest BCUT2D eigenvalue weighted by molar-refractivity contribution is -0.111. The number of allylic oxidation sites excluding steroid dienone is 1. The number of aromatic nitrogens is 1. The molecule has 1 fully saturated rings. The molecule has 202 valence electrons. The fraction of sp³-hybridized carbons (Fsp3) is 0.241. The Bertz CT molecular complexity index is 1450. The van der Waals surface area contributed by atoms with E-state index in [4.69, 9.17) is 37.4 Å². The molecule has 1 aliphatic rings. The topological polar surface area (TPSA) is 93.7 Å². The molecule has 3 N–H and O–H groups in total. The molecule has 0 aliphatic heterocycles. The lowest BCUT2D eigenvalue weighted by atomic mass is 10.1. The zero-order valence-electron chi connectivity index (χ0n) is 21.9. The maximum Gasteiger partial charge on any atom is 0.249 e. The Morgan fingerprint density at radius 3 is 2.28 bits per heavy atom. The molecule has 0 unspecified atom stereocenters. The van der Waals surface area contributed by atoms with Crippen molar-refractivity contribution in [2.24, 2.45) is 5.92 Å². The first kappa shape index (κ1) is 28.0. The smallest absolute Gasteiger partial charge is 0.249 e. The molecule has 3 aromatic rings. The van der Waals surface area contributed by atoms with Crippen molar-refractivity contribution in [3.63, 3.8) is 0 Å². The highest BCUT2D eigenvalue weighted by Gasteiger charge is 2.19. The number of halogens is 2. The minimum Gasteiger partial charge on any atom is -0.493 e. The van der Waals surface area contributed by atoms with Crippen LogP contribution in [0.1, 0.15) is 18.4 Å². The number of carbonyl (C=O) groups is 1. The molecule has 1 saturated carbocycles. The van der Waals surface area contributed by atoms with Gasteiger partial charge in [-0.1, -0.05) is 35.0 Å². The molecule has 0 spiro atoms. The van der Waals surface area contributed by atoms with E-state index in [9.17, 15) is 4.79 Å². The van der Waals surface area contributed by atoms with Crippen molar-refractivity contribution in [2.75, 3.05) is 44.3 Å². The lowest BCUT2D eigenvalue weighted by Crippen LogP contribution is -2.11. The number of methoxy groups -OCH3 is 3. The summed E-state index contributed by atoms with van der Waals surface area (Å²) in [6.45, 7) is 0. The predicted octanol–water partition coefficient (Wildman–Crippen LogP) is 6.64. The summed E-state index contributed by atoms with van der Waals surface area (Å²) in [5, 5.41) is 9.89. The van der Waals surface area contributed by atoms with Crippen LogP contribution in [0, 0.1) is 17.8 Å². The molecule has 1 heterocycles. The Kier molecular flexibility index (Phi) is 9.07. The molecule has 0 radical (unpaired) electrons. The van der Waals surface area contributed by atoms with Crippen LogP contribution in [-0.4, -0.2) is 39.3 Å². The van der Waals surface area contributed by atoms with Gasteiger partial charge in [-0.05, 0) is 37.1 Å². The van der Waals surface area contributed by atoms with Gasteiger partial charge in [-0.25, -0.2) is 4.98 Å². The number of amides is 1. The van der Waals surface area contributed by atoms with Gasteiger partial charge in [-0.2, -0.15) is 0 Å². The number of hydrogen-bond donors (Lipinski definition) is 3. The van der Waals surface area contributed by atoms with Crippen LogP contribution in [-0.2, 0) is 4.79 Å². The minimum absolute atomic E-state index is 0.325. The van der Waals surface area contributed by atoms with Crippen molar-refractivity contribution >= 4 is 57.6 Å². The highest BCUT2D eigenvalue weighted by Crippen LogP contribution is 2.41. The van der Waals surface area contributed by atoms with Crippen molar-refractivity contribution in [3.8, 4) is 29.1 Å². The average Bonchev–Trinajstić information content (AvgIpc) is 3.77. The Labute approximate surface area is 237 Å². The third-order valence-electron chi connectivity index (χ3n) is 5.88.